The first-order valence-electron chi connectivity index (χ1n) is 5.47. The zero-order valence-electron chi connectivity index (χ0n) is 8.83. The van der Waals surface area contributed by atoms with Gasteiger partial charge in [0.15, 0.2) is 0 Å². The Morgan fingerprint density at radius 1 is 1.23 bits per heavy atom. The van der Waals surface area contributed by atoms with Crippen molar-refractivity contribution in [2.24, 2.45) is 17.8 Å². The van der Waals surface area contributed by atoms with Crippen molar-refractivity contribution in [2.45, 2.75) is 19.3 Å². The Hall–Kier alpha value is -0.0800. The Labute approximate surface area is 81.3 Å². The number of hydrogen-bond acceptors (Lipinski definition) is 2. The van der Waals surface area contributed by atoms with Crippen LogP contribution >= 0.6 is 0 Å². The Balaban J connectivity index is 1.86. The van der Waals surface area contributed by atoms with Gasteiger partial charge in [-0.3, -0.25) is 0 Å². The smallest absolute Gasteiger partial charge is 0.0490 e. The summed E-state index contributed by atoms with van der Waals surface area (Å²) in [7, 11) is 4.08. The van der Waals surface area contributed by atoms with Crippen LogP contribution in [-0.4, -0.2) is 38.8 Å². The molecule has 2 heteroatoms. The van der Waals surface area contributed by atoms with E-state index in [1.54, 1.807) is 0 Å². The minimum absolute atomic E-state index is 0.845. The van der Waals surface area contributed by atoms with Crippen molar-refractivity contribution < 1.29 is 4.74 Å². The number of nitrogens with zero attached hydrogens (tertiary/aromatic N) is 1. The highest BCUT2D eigenvalue weighted by Crippen LogP contribution is 2.38. The summed E-state index contributed by atoms with van der Waals surface area (Å²) in [5.74, 6) is 2.81. The van der Waals surface area contributed by atoms with Gasteiger partial charge in [0.05, 0.1) is 0 Å². The summed E-state index contributed by atoms with van der Waals surface area (Å²) in [5, 5.41) is 0. The predicted molar refractivity (Wildman–Crippen MR) is 53.7 cm³/mol. The van der Waals surface area contributed by atoms with E-state index in [0.29, 0.717) is 0 Å². The van der Waals surface area contributed by atoms with Crippen molar-refractivity contribution in [3.05, 3.63) is 0 Å². The largest absolute Gasteiger partial charge is 0.384 e. The van der Waals surface area contributed by atoms with Crippen LogP contribution in [0.1, 0.15) is 19.3 Å². The van der Waals surface area contributed by atoms with Gasteiger partial charge in [-0.25, -0.2) is 0 Å². The molecule has 0 bridgehead atoms. The molecule has 1 aliphatic carbocycles. The van der Waals surface area contributed by atoms with E-state index in [1.807, 2.05) is 7.11 Å². The van der Waals surface area contributed by atoms with E-state index < -0.39 is 0 Å². The van der Waals surface area contributed by atoms with Gasteiger partial charge in [-0.15, -0.1) is 0 Å². The minimum atomic E-state index is 0.845. The molecule has 0 spiro atoms. The van der Waals surface area contributed by atoms with E-state index in [2.05, 4.69) is 11.9 Å². The lowest BCUT2D eigenvalue weighted by atomic mass is 9.76. The maximum Gasteiger partial charge on any atom is 0.0490 e. The molecule has 13 heavy (non-hydrogen) atoms. The van der Waals surface area contributed by atoms with Crippen molar-refractivity contribution >= 4 is 0 Å². The molecule has 0 N–H and O–H groups in total. The van der Waals surface area contributed by atoms with Crippen LogP contribution in [-0.2, 0) is 4.74 Å². The van der Waals surface area contributed by atoms with E-state index in [-0.39, 0.29) is 0 Å². The number of likely N-dealkylation sites (tertiary alicyclic amines) is 1. The van der Waals surface area contributed by atoms with Crippen LogP contribution in [0.3, 0.4) is 0 Å². The molecule has 1 heterocycles. The average Bonchev–Trinajstić information content (AvgIpc) is 2.44. The Morgan fingerprint density at radius 3 is 2.77 bits per heavy atom. The zero-order valence-corrected chi connectivity index (χ0v) is 8.83. The van der Waals surface area contributed by atoms with Gasteiger partial charge in [0.1, 0.15) is 0 Å². The molecule has 1 saturated carbocycles. The van der Waals surface area contributed by atoms with E-state index in [1.165, 1.54) is 32.4 Å². The fourth-order valence-corrected chi connectivity index (χ4v) is 3.15. The highest BCUT2D eigenvalue weighted by atomic mass is 16.5. The number of rotatable bonds is 2. The second-order valence-corrected chi connectivity index (χ2v) is 4.88. The van der Waals surface area contributed by atoms with Crippen LogP contribution < -0.4 is 0 Å². The van der Waals surface area contributed by atoms with Crippen molar-refractivity contribution in [3.63, 3.8) is 0 Å². The first-order chi connectivity index (χ1) is 6.29. The first kappa shape index (κ1) is 9.47. The van der Waals surface area contributed by atoms with Gasteiger partial charge in [0.2, 0.25) is 0 Å². The minimum Gasteiger partial charge on any atom is -0.384 e. The zero-order chi connectivity index (χ0) is 9.26. The van der Waals surface area contributed by atoms with Crippen molar-refractivity contribution in [1.82, 2.24) is 4.90 Å². The van der Waals surface area contributed by atoms with Crippen molar-refractivity contribution in [1.29, 1.82) is 0 Å². The molecule has 0 aromatic carbocycles. The third kappa shape index (κ3) is 2.05. The van der Waals surface area contributed by atoms with E-state index in [4.69, 9.17) is 4.74 Å². The second kappa shape index (κ2) is 3.97. The molecule has 2 aliphatic rings. The molecule has 0 radical (unpaired) electrons. The van der Waals surface area contributed by atoms with Crippen LogP contribution in [0.5, 0.6) is 0 Å². The molecule has 2 rings (SSSR count). The monoisotopic (exact) mass is 183 g/mol. The topological polar surface area (TPSA) is 12.5 Å². The van der Waals surface area contributed by atoms with Gasteiger partial charge in [-0.2, -0.15) is 0 Å². The number of fused-ring (bicyclic) bond motifs is 1. The summed E-state index contributed by atoms with van der Waals surface area (Å²) in [6, 6.07) is 0. The van der Waals surface area contributed by atoms with Gasteiger partial charge in [0.25, 0.3) is 0 Å². The maximum atomic E-state index is 5.24. The molecule has 76 valence electrons. The van der Waals surface area contributed by atoms with Gasteiger partial charge in [0, 0.05) is 26.8 Å². The van der Waals surface area contributed by atoms with E-state index in [9.17, 15) is 0 Å². The molecule has 0 aromatic heterocycles. The molecule has 3 unspecified atom stereocenters. The fourth-order valence-electron chi connectivity index (χ4n) is 3.15. The molecule has 0 aromatic rings. The predicted octanol–water partition coefficient (Wildman–Crippen LogP) is 1.61. The quantitative estimate of drug-likeness (QED) is 0.645. The first-order valence-corrected chi connectivity index (χ1v) is 5.47. The molecular formula is C11H21NO. The van der Waals surface area contributed by atoms with Gasteiger partial charge in [-0.05, 0) is 44.1 Å². The van der Waals surface area contributed by atoms with Crippen LogP contribution in [0.15, 0.2) is 0 Å². The Morgan fingerprint density at radius 2 is 2.00 bits per heavy atom. The Bertz CT molecular complexity index is 171. The van der Waals surface area contributed by atoms with Crippen LogP contribution in [0.25, 0.3) is 0 Å². The van der Waals surface area contributed by atoms with Crippen LogP contribution in [0, 0.1) is 17.8 Å². The van der Waals surface area contributed by atoms with E-state index in [0.717, 1.165) is 24.4 Å². The van der Waals surface area contributed by atoms with Crippen molar-refractivity contribution in [2.75, 3.05) is 33.9 Å². The highest BCUT2D eigenvalue weighted by molar-refractivity contribution is 4.88. The van der Waals surface area contributed by atoms with Gasteiger partial charge in [-0.1, -0.05) is 0 Å². The second-order valence-electron chi connectivity index (χ2n) is 4.88. The molecule has 0 amide bonds. The third-order valence-electron chi connectivity index (χ3n) is 3.74. The lowest BCUT2D eigenvalue weighted by Gasteiger charge is -2.30. The standard InChI is InChI=1S/C11H21NO/c1-12-6-10-4-3-9(8-13-2)5-11(10)7-12/h9-11H,3-8H2,1-2H3. The summed E-state index contributed by atoms with van der Waals surface area (Å²) in [6.07, 6.45) is 4.23. The lowest BCUT2D eigenvalue weighted by Crippen LogP contribution is -2.25. The molecule has 1 saturated heterocycles. The van der Waals surface area contributed by atoms with Gasteiger partial charge < -0.3 is 9.64 Å². The molecule has 2 nitrogen and oxygen atoms in total. The fraction of sp³-hybridized carbons (Fsp3) is 1.00. The average molecular weight is 183 g/mol. The molecule has 3 atom stereocenters. The lowest BCUT2D eigenvalue weighted by molar-refractivity contribution is 0.104. The SMILES string of the molecule is COCC1CCC2CN(C)CC2C1. The summed E-state index contributed by atoms with van der Waals surface area (Å²) >= 11 is 0. The van der Waals surface area contributed by atoms with Crippen LogP contribution in [0.2, 0.25) is 0 Å². The summed E-state index contributed by atoms with van der Waals surface area (Å²) in [5.41, 5.74) is 0. The third-order valence-corrected chi connectivity index (χ3v) is 3.74. The maximum absolute atomic E-state index is 5.24. The van der Waals surface area contributed by atoms with Crippen LogP contribution in [0.4, 0.5) is 0 Å². The van der Waals surface area contributed by atoms with E-state index >= 15 is 0 Å². The highest BCUT2D eigenvalue weighted by Gasteiger charge is 2.35. The Kier molecular flexibility index (Phi) is 2.89. The molecular weight excluding hydrogens is 162 g/mol. The summed E-state index contributed by atoms with van der Waals surface area (Å²) < 4.78 is 5.24. The number of methoxy groups -OCH3 is 1. The molecule has 2 fully saturated rings. The molecule has 1 aliphatic heterocycles. The van der Waals surface area contributed by atoms with Gasteiger partial charge >= 0.3 is 0 Å². The summed E-state index contributed by atoms with van der Waals surface area (Å²) in [6.45, 7) is 3.64. The summed E-state index contributed by atoms with van der Waals surface area (Å²) in [4.78, 5) is 2.49. The number of ether oxygens (including phenoxy) is 1. The van der Waals surface area contributed by atoms with Crippen molar-refractivity contribution in [3.8, 4) is 0 Å². The normalized spacial score (nSPS) is 40.6. The number of hydrogen-bond donors (Lipinski definition) is 0.